The van der Waals surface area contributed by atoms with E-state index in [0.29, 0.717) is 25.3 Å². The van der Waals surface area contributed by atoms with Gasteiger partial charge in [0.15, 0.2) is 5.65 Å². The van der Waals surface area contributed by atoms with E-state index in [1.54, 1.807) is 6.20 Å². The van der Waals surface area contributed by atoms with E-state index in [1.807, 2.05) is 22.6 Å². The zero-order valence-electron chi connectivity index (χ0n) is 14.2. The lowest BCUT2D eigenvalue weighted by atomic mass is 10.1. The van der Waals surface area contributed by atoms with E-state index in [-0.39, 0.29) is 18.1 Å². The summed E-state index contributed by atoms with van der Waals surface area (Å²) in [6.45, 7) is 10.0. The van der Waals surface area contributed by atoms with Gasteiger partial charge in [-0.25, -0.2) is 9.67 Å². The molecule has 3 rings (SSSR count). The number of amides is 1. The molecule has 1 saturated heterocycles. The molecular formula is C17H24N4O2. The van der Waals surface area contributed by atoms with Crippen LogP contribution in [0.3, 0.4) is 0 Å². The molecule has 0 radical (unpaired) electrons. The third kappa shape index (κ3) is 2.95. The Hall–Kier alpha value is -1.95. The molecule has 1 atom stereocenters. The summed E-state index contributed by atoms with van der Waals surface area (Å²) in [5, 5.41) is 5.29. The number of morpholine rings is 1. The third-order valence-corrected chi connectivity index (χ3v) is 4.36. The lowest BCUT2D eigenvalue weighted by molar-refractivity contribution is -0.0226. The molecule has 124 valence electrons. The van der Waals surface area contributed by atoms with E-state index < -0.39 is 0 Å². The number of ether oxygens (including phenoxy) is 1. The normalized spacial score (nSPS) is 18.8. The van der Waals surface area contributed by atoms with Crippen molar-refractivity contribution in [1.29, 1.82) is 0 Å². The quantitative estimate of drug-likeness (QED) is 0.873. The molecule has 0 bridgehead atoms. The Morgan fingerprint density at radius 3 is 2.96 bits per heavy atom. The van der Waals surface area contributed by atoms with Gasteiger partial charge in [-0.05, 0) is 33.3 Å². The number of hydrogen-bond donors (Lipinski definition) is 0. The van der Waals surface area contributed by atoms with Gasteiger partial charge in [-0.3, -0.25) is 4.79 Å². The molecule has 23 heavy (non-hydrogen) atoms. The molecule has 2 aromatic heterocycles. The number of aryl methyl sites for hydroxylation is 1. The van der Waals surface area contributed by atoms with Crippen LogP contribution >= 0.6 is 0 Å². The number of nitrogens with zero attached hydrogens (tertiary/aromatic N) is 4. The summed E-state index contributed by atoms with van der Waals surface area (Å²) in [6, 6.07) is 2.16. The van der Waals surface area contributed by atoms with Crippen molar-refractivity contribution in [3.05, 3.63) is 23.5 Å². The summed E-state index contributed by atoms with van der Waals surface area (Å²) < 4.78 is 7.54. The van der Waals surface area contributed by atoms with Crippen LogP contribution in [0.2, 0.25) is 0 Å². The highest BCUT2D eigenvalue weighted by molar-refractivity contribution is 5.98. The van der Waals surface area contributed by atoms with Crippen molar-refractivity contribution in [2.24, 2.45) is 0 Å². The van der Waals surface area contributed by atoms with E-state index >= 15 is 0 Å². The molecule has 0 aliphatic carbocycles. The third-order valence-electron chi connectivity index (χ3n) is 4.36. The van der Waals surface area contributed by atoms with Gasteiger partial charge in [0.05, 0.1) is 30.2 Å². The van der Waals surface area contributed by atoms with Gasteiger partial charge in [0, 0.05) is 24.5 Å². The van der Waals surface area contributed by atoms with Gasteiger partial charge >= 0.3 is 0 Å². The Morgan fingerprint density at radius 2 is 2.26 bits per heavy atom. The maximum absolute atomic E-state index is 12.9. The van der Waals surface area contributed by atoms with Crippen LogP contribution in [-0.2, 0) is 4.74 Å². The van der Waals surface area contributed by atoms with E-state index in [9.17, 15) is 4.79 Å². The van der Waals surface area contributed by atoms with Crippen LogP contribution in [0, 0.1) is 6.92 Å². The van der Waals surface area contributed by atoms with Crippen molar-refractivity contribution in [2.45, 2.75) is 46.3 Å². The largest absolute Gasteiger partial charge is 0.375 e. The zero-order valence-corrected chi connectivity index (χ0v) is 14.2. The maximum atomic E-state index is 12.9. The van der Waals surface area contributed by atoms with E-state index in [4.69, 9.17) is 4.74 Å². The van der Waals surface area contributed by atoms with Crippen LogP contribution in [-0.4, -0.2) is 51.4 Å². The van der Waals surface area contributed by atoms with Gasteiger partial charge in [-0.1, -0.05) is 6.92 Å². The summed E-state index contributed by atoms with van der Waals surface area (Å²) in [5.74, 6) is 0.0379. The molecule has 0 aromatic carbocycles. The second-order valence-corrected chi connectivity index (χ2v) is 6.37. The molecule has 1 amide bonds. The fraction of sp³-hybridized carbons (Fsp3) is 0.588. The van der Waals surface area contributed by atoms with E-state index in [1.165, 1.54) is 0 Å². The Morgan fingerprint density at radius 1 is 1.48 bits per heavy atom. The van der Waals surface area contributed by atoms with Crippen molar-refractivity contribution in [1.82, 2.24) is 19.7 Å². The number of rotatable bonds is 3. The van der Waals surface area contributed by atoms with E-state index in [0.717, 1.165) is 23.1 Å². The topological polar surface area (TPSA) is 60.2 Å². The molecule has 3 heterocycles. The van der Waals surface area contributed by atoms with Gasteiger partial charge in [0.1, 0.15) is 0 Å². The van der Waals surface area contributed by atoms with Crippen LogP contribution in [0.5, 0.6) is 0 Å². The van der Waals surface area contributed by atoms with Gasteiger partial charge in [0.2, 0.25) is 0 Å². The predicted molar refractivity (Wildman–Crippen MR) is 88.6 cm³/mol. The number of carbonyl (C=O) groups excluding carboxylic acids is 1. The summed E-state index contributed by atoms with van der Waals surface area (Å²) in [5.41, 5.74) is 2.25. The average molecular weight is 316 g/mol. The molecule has 1 aliphatic heterocycles. The first-order valence-corrected chi connectivity index (χ1v) is 8.27. The standard InChI is InChI=1S/C17H24N4O2/c1-5-14-10-20(6-7-23-14)17(22)15-8-13-9-18-21(11(2)3)16(13)19-12(15)4/h8-9,11,14H,5-7,10H2,1-4H3/t14-/m1/s1. The highest BCUT2D eigenvalue weighted by Crippen LogP contribution is 2.21. The van der Waals surface area contributed by atoms with Gasteiger partial charge in [-0.2, -0.15) is 5.10 Å². The highest BCUT2D eigenvalue weighted by Gasteiger charge is 2.26. The number of carbonyl (C=O) groups is 1. The summed E-state index contributed by atoms with van der Waals surface area (Å²) in [4.78, 5) is 19.4. The SMILES string of the molecule is CC[C@@H]1CN(C(=O)c2cc3cnn(C(C)C)c3nc2C)CCO1. The van der Waals surface area contributed by atoms with Crippen LogP contribution in [0.15, 0.2) is 12.3 Å². The Kier molecular flexibility index (Phi) is 4.35. The highest BCUT2D eigenvalue weighted by atomic mass is 16.5. The Balaban J connectivity index is 1.93. The van der Waals surface area contributed by atoms with Crippen molar-refractivity contribution < 1.29 is 9.53 Å². The first-order chi connectivity index (χ1) is 11.0. The minimum absolute atomic E-state index is 0.0379. The lowest BCUT2D eigenvalue weighted by Crippen LogP contribution is -2.45. The number of hydrogen-bond acceptors (Lipinski definition) is 4. The van der Waals surface area contributed by atoms with Gasteiger partial charge < -0.3 is 9.64 Å². The van der Waals surface area contributed by atoms with Gasteiger partial charge in [-0.15, -0.1) is 0 Å². The maximum Gasteiger partial charge on any atom is 0.255 e. The fourth-order valence-electron chi connectivity index (χ4n) is 2.98. The van der Waals surface area contributed by atoms with Crippen molar-refractivity contribution in [3.63, 3.8) is 0 Å². The molecular weight excluding hydrogens is 292 g/mol. The molecule has 1 fully saturated rings. The van der Waals surface area contributed by atoms with Crippen LogP contribution in [0.1, 0.15) is 49.3 Å². The summed E-state index contributed by atoms with van der Waals surface area (Å²) in [7, 11) is 0. The smallest absolute Gasteiger partial charge is 0.255 e. The van der Waals surface area contributed by atoms with Crippen LogP contribution in [0.4, 0.5) is 0 Å². The van der Waals surface area contributed by atoms with Gasteiger partial charge in [0.25, 0.3) is 5.91 Å². The number of fused-ring (bicyclic) bond motifs is 1. The monoisotopic (exact) mass is 316 g/mol. The second-order valence-electron chi connectivity index (χ2n) is 6.37. The minimum atomic E-state index is 0.0379. The van der Waals surface area contributed by atoms with Crippen LogP contribution in [0.25, 0.3) is 11.0 Å². The molecule has 2 aromatic rings. The molecule has 0 unspecified atom stereocenters. The second kappa shape index (κ2) is 6.28. The minimum Gasteiger partial charge on any atom is -0.375 e. The molecule has 1 aliphatic rings. The average Bonchev–Trinajstić information content (AvgIpc) is 2.96. The molecule has 0 saturated carbocycles. The first-order valence-electron chi connectivity index (χ1n) is 8.27. The van der Waals surface area contributed by atoms with Crippen molar-refractivity contribution in [2.75, 3.05) is 19.7 Å². The molecule has 6 nitrogen and oxygen atoms in total. The van der Waals surface area contributed by atoms with E-state index in [2.05, 4.69) is 30.9 Å². The Bertz CT molecular complexity index is 723. The number of pyridine rings is 1. The Labute approximate surface area is 136 Å². The molecule has 6 heteroatoms. The van der Waals surface area contributed by atoms with Crippen molar-refractivity contribution >= 4 is 16.9 Å². The first kappa shape index (κ1) is 15.9. The summed E-state index contributed by atoms with van der Waals surface area (Å²) >= 11 is 0. The van der Waals surface area contributed by atoms with Crippen molar-refractivity contribution in [3.8, 4) is 0 Å². The fourth-order valence-corrected chi connectivity index (χ4v) is 2.98. The zero-order chi connectivity index (χ0) is 16.6. The molecule has 0 N–H and O–H groups in total. The number of aromatic nitrogens is 3. The predicted octanol–water partition coefficient (Wildman–Crippen LogP) is 2.57. The van der Waals surface area contributed by atoms with Crippen LogP contribution < -0.4 is 0 Å². The molecule has 0 spiro atoms. The summed E-state index contributed by atoms with van der Waals surface area (Å²) in [6.07, 6.45) is 2.84. The lowest BCUT2D eigenvalue weighted by Gasteiger charge is -2.32.